The number of rotatable bonds is 2. The number of hydrogen-bond donors (Lipinski definition) is 0. The van der Waals surface area contributed by atoms with Crippen LogP contribution in [-0.4, -0.2) is 0 Å². The van der Waals surface area contributed by atoms with Gasteiger partial charge in [0.25, 0.3) is 0 Å². The second-order valence-corrected chi connectivity index (χ2v) is 9.62. The monoisotopic (exact) mass is 452 g/mol. The molecule has 0 nitrogen and oxygen atoms in total. The molecule has 1 aliphatic rings. The standard InChI is InChI=1S/C32H30F2/c1-22-4-6-27(7-5-22)19-28-12-9-25(10-13-28)8-11-26-14-16-30(23(2)18-26)17-15-29-20-31(33)24(3)32(34)21-29/h9-10,12-14,16,18,20-22,27H,4-7,19H2,1-3H3. The lowest BCUT2D eigenvalue weighted by atomic mass is 9.80. The molecule has 0 aromatic heterocycles. The molecule has 4 rings (SSSR count). The summed E-state index contributed by atoms with van der Waals surface area (Å²) in [5, 5.41) is 0. The van der Waals surface area contributed by atoms with E-state index in [4.69, 9.17) is 0 Å². The molecule has 172 valence electrons. The molecule has 0 unspecified atom stereocenters. The van der Waals surface area contributed by atoms with Gasteiger partial charge >= 0.3 is 0 Å². The molecule has 2 heteroatoms. The molecule has 0 radical (unpaired) electrons. The van der Waals surface area contributed by atoms with Crippen molar-refractivity contribution in [1.82, 2.24) is 0 Å². The maximum absolute atomic E-state index is 13.7. The van der Waals surface area contributed by atoms with Crippen LogP contribution in [0.1, 0.15) is 71.6 Å². The third-order valence-corrected chi connectivity index (χ3v) is 6.81. The van der Waals surface area contributed by atoms with E-state index in [0.717, 1.165) is 34.1 Å². The van der Waals surface area contributed by atoms with Crippen LogP contribution in [0.4, 0.5) is 8.78 Å². The van der Waals surface area contributed by atoms with Crippen molar-refractivity contribution in [3.63, 3.8) is 0 Å². The minimum Gasteiger partial charge on any atom is -0.207 e. The van der Waals surface area contributed by atoms with E-state index in [9.17, 15) is 8.78 Å². The van der Waals surface area contributed by atoms with Crippen molar-refractivity contribution in [1.29, 1.82) is 0 Å². The average Bonchev–Trinajstić information content (AvgIpc) is 2.83. The van der Waals surface area contributed by atoms with E-state index in [1.807, 2.05) is 25.1 Å². The number of benzene rings is 3. The summed E-state index contributed by atoms with van der Waals surface area (Å²) in [5.74, 6) is 12.9. The highest BCUT2D eigenvalue weighted by atomic mass is 19.1. The van der Waals surface area contributed by atoms with Crippen LogP contribution in [0.3, 0.4) is 0 Å². The van der Waals surface area contributed by atoms with Gasteiger partial charge in [0.1, 0.15) is 11.6 Å². The third kappa shape index (κ3) is 6.15. The van der Waals surface area contributed by atoms with Crippen LogP contribution in [0.2, 0.25) is 0 Å². The van der Waals surface area contributed by atoms with Gasteiger partial charge < -0.3 is 0 Å². The van der Waals surface area contributed by atoms with E-state index in [-0.39, 0.29) is 5.56 Å². The van der Waals surface area contributed by atoms with Gasteiger partial charge in [-0.2, -0.15) is 0 Å². The van der Waals surface area contributed by atoms with Crippen LogP contribution in [0.5, 0.6) is 0 Å². The van der Waals surface area contributed by atoms with Crippen molar-refractivity contribution in [3.8, 4) is 23.7 Å². The average molecular weight is 453 g/mol. The van der Waals surface area contributed by atoms with Crippen LogP contribution in [0.15, 0.2) is 54.6 Å². The molecule has 0 N–H and O–H groups in total. The summed E-state index contributed by atoms with van der Waals surface area (Å²) in [6.45, 7) is 5.74. The van der Waals surface area contributed by atoms with E-state index in [1.165, 1.54) is 56.7 Å². The van der Waals surface area contributed by atoms with Gasteiger partial charge in [-0.15, -0.1) is 0 Å². The molecule has 34 heavy (non-hydrogen) atoms. The molecule has 0 spiro atoms. The largest absolute Gasteiger partial charge is 0.207 e. The molecular weight excluding hydrogens is 422 g/mol. The Labute approximate surface area is 202 Å². The normalized spacial score (nSPS) is 17.3. The molecule has 3 aromatic rings. The summed E-state index contributed by atoms with van der Waals surface area (Å²) in [6.07, 6.45) is 6.59. The van der Waals surface area contributed by atoms with Gasteiger partial charge in [0, 0.05) is 27.8 Å². The zero-order valence-corrected chi connectivity index (χ0v) is 20.1. The summed E-state index contributed by atoms with van der Waals surface area (Å²) in [6, 6.07) is 17.0. The maximum Gasteiger partial charge on any atom is 0.130 e. The zero-order chi connectivity index (χ0) is 24.1. The van der Waals surface area contributed by atoms with Crippen molar-refractivity contribution >= 4 is 0 Å². The van der Waals surface area contributed by atoms with Crippen molar-refractivity contribution in [2.75, 3.05) is 0 Å². The van der Waals surface area contributed by atoms with Crippen molar-refractivity contribution in [2.24, 2.45) is 11.8 Å². The van der Waals surface area contributed by atoms with Gasteiger partial charge in [0.05, 0.1) is 0 Å². The molecule has 0 heterocycles. The number of hydrogen-bond acceptors (Lipinski definition) is 0. The van der Waals surface area contributed by atoms with Crippen LogP contribution in [-0.2, 0) is 6.42 Å². The fourth-order valence-corrected chi connectivity index (χ4v) is 4.47. The van der Waals surface area contributed by atoms with Gasteiger partial charge in [-0.1, -0.05) is 55.6 Å². The minimum atomic E-state index is -0.580. The Bertz CT molecular complexity index is 1260. The van der Waals surface area contributed by atoms with Gasteiger partial charge in [-0.05, 0) is 98.5 Å². The van der Waals surface area contributed by atoms with Crippen molar-refractivity contribution in [3.05, 3.63) is 105 Å². The second kappa shape index (κ2) is 10.7. The molecule has 0 atom stereocenters. The van der Waals surface area contributed by atoms with E-state index in [2.05, 4.69) is 54.9 Å². The summed E-state index contributed by atoms with van der Waals surface area (Å²) in [4.78, 5) is 0. The Morgan fingerprint density at radius 3 is 1.94 bits per heavy atom. The van der Waals surface area contributed by atoms with Crippen molar-refractivity contribution < 1.29 is 8.78 Å². The first-order chi connectivity index (χ1) is 16.4. The van der Waals surface area contributed by atoms with Crippen LogP contribution in [0, 0.1) is 61.0 Å². The Hall–Kier alpha value is -3.36. The predicted octanol–water partition coefficient (Wildman–Crippen LogP) is 7.75. The van der Waals surface area contributed by atoms with Gasteiger partial charge in [0.15, 0.2) is 0 Å². The van der Waals surface area contributed by atoms with Gasteiger partial charge in [-0.25, -0.2) is 8.78 Å². The molecule has 1 saturated carbocycles. The van der Waals surface area contributed by atoms with Gasteiger partial charge in [0.2, 0.25) is 0 Å². The van der Waals surface area contributed by atoms with Crippen LogP contribution in [0.25, 0.3) is 0 Å². The van der Waals surface area contributed by atoms with E-state index in [0.29, 0.717) is 5.56 Å². The zero-order valence-electron chi connectivity index (χ0n) is 20.1. The minimum absolute atomic E-state index is 0.0122. The summed E-state index contributed by atoms with van der Waals surface area (Å²) < 4.78 is 27.5. The molecule has 3 aromatic carbocycles. The summed E-state index contributed by atoms with van der Waals surface area (Å²) >= 11 is 0. The topological polar surface area (TPSA) is 0 Å². The summed E-state index contributed by atoms with van der Waals surface area (Å²) in [5.41, 5.74) is 5.44. The lowest BCUT2D eigenvalue weighted by molar-refractivity contribution is 0.289. The highest BCUT2D eigenvalue weighted by molar-refractivity contribution is 5.51. The van der Waals surface area contributed by atoms with Crippen molar-refractivity contribution in [2.45, 2.75) is 52.9 Å². The molecular formula is C32H30F2. The highest BCUT2D eigenvalue weighted by Gasteiger charge is 2.18. The molecule has 1 aliphatic carbocycles. The van der Waals surface area contributed by atoms with Crippen LogP contribution >= 0.6 is 0 Å². The van der Waals surface area contributed by atoms with E-state index >= 15 is 0 Å². The Morgan fingerprint density at radius 2 is 1.29 bits per heavy atom. The lowest BCUT2D eigenvalue weighted by Gasteiger charge is -2.26. The first kappa shape index (κ1) is 23.8. The van der Waals surface area contributed by atoms with E-state index in [1.54, 1.807) is 0 Å². The fourth-order valence-electron chi connectivity index (χ4n) is 4.47. The SMILES string of the molecule is Cc1cc(C#Cc2ccc(CC3CCC(C)CC3)cc2)ccc1C#Cc1cc(F)c(C)c(F)c1. The second-order valence-electron chi connectivity index (χ2n) is 9.62. The summed E-state index contributed by atoms with van der Waals surface area (Å²) in [7, 11) is 0. The molecule has 0 aliphatic heterocycles. The number of aryl methyl sites for hydroxylation is 1. The third-order valence-electron chi connectivity index (χ3n) is 6.81. The molecule has 0 amide bonds. The predicted molar refractivity (Wildman–Crippen MR) is 136 cm³/mol. The number of halogens is 2. The fraction of sp³-hybridized carbons (Fsp3) is 0.312. The van der Waals surface area contributed by atoms with E-state index < -0.39 is 11.6 Å². The Balaban J connectivity index is 1.41. The smallest absolute Gasteiger partial charge is 0.130 e. The van der Waals surface area contributed by atoms with Crippen LogP contribution < -0.4 is 0 Å². The molecule has 0 saturated heterocycles. The quantitative estimate of drug-likeness (QED) is 0.349. The first-order valence-corrected chi connectivity index (χ1v) is 12.1. The lowest BCUT2D eigenvalue weighted by Crippen LogP contribution is -2.14. The maximum atomic E-state index is 13.7. The first-order valence-electron chi connectivity index (χ1n) is 12.1. The Morgan fingerprint density at radius 1 is 0.706 bits per heavy atom. The Kier molecular flexibility index (Phi) is 7.49. The molecule has 1 fully saturated rings. The highest BCUT2D eigenvalue weighted by Crippen LogP contribution is 2.30. The molecule has 0 bridgehead atoms. The van der Waals surface area contributed by atoms with Gasteiger partial charge in [-0.3, -0.25) is 0 Å².